The van der Waals surface area contributed by atoms with Gasteiger partial charge in [-0.15, -0.1) is 11.8 Å². The number of nitrogens with zero attached hydrogens (tertiary/aromatic N) is 3. The predicted octanol–water partition coefficient (Wildman–Crippen LogP) is 4.65. The first kappa shape index (κ1) is 21.2. The van der Waals surface area contributed by atoms with Gasteiger partial charge in [0.1, 0.15) is 10.8 Å². The zero-order chi connectivity index (χ0) is 21.6. The van der Waals surface area contributed by atoms with Crippen LogP contribution < -0.4 is 9.64 Å². The van der Waals surface area contributed by atoms with Gasteiger partial charge in [-0.2, -0.15) is 0 Å². The van der Waals surface area contributed by atoms with Crippen molar-refractivity contribution < 1.29 is 9.53 Å². The van der Waals surface area contributed by atoms with Crippen LogP contribution in [0.1, 0.15) is 21.5 Å². The maximum Gasteiger partial charge on any atom is 0.256 e. The van der Waals surface area contributed by atoms with Gasteiger partial charge in [-0.3, -0.25) is 4.79 Å². The zero-order valence-corrected chi connectivity index (χ0v) is 18.8. The van der Waals surface area contributed by atoms with E-state index in [0.29, 0.717) is 18.7 Å². The molecule has 160 valence electrons. The fourth-order valence-corrected chi connectivity index (χ4v) is 4.86. The number of thioether (sulfide) groups is 1. The summed E-state index contributed by atoms with van der Waals surface area (Å²) >= 11 is 1.62. The molecule has 31 heavy (non-hydrogen) atoms. The number of aromatic nitrogens is 1. The van der Waals surface area contributed by atoms with E-state index in [1.807, 2.05) is 41.3 Å². The molecule has 0 bridgehead atoms. The van der Waals surface area contributed by atoms with Gasteiger partial charge in [-0.05, 0) is 42.3 Å². The summed E-state index contributed by atoms with van der Waals surface area (Å²) in [5.41, 5.74) is 4.29. The molecule has 6 heteroatoms. The molecular formula is C25H27N3O2S. The summed E-state index contributed by atoms with van der Waals surface area (Å²) in [4.78, 5) is 22.0. The highest BCUT2D eigenvalue weighted by Crippen LogP contribution is 2.30. The lowest BCUT2D eigenvalue weighted by atomic mass is 10.1. The zero-order valence-electron chi connectivity index (χ0n) is 18.0. The van der Waals surface area contributed by atoms with Gasteiger partial charge >= 0.3 is 0 Å². The van der Waals surface area contributed by atoms with Crippen molar-refractivity contribution in [1.82, 2.24) is 9.88 Å². The SMILES string of the molecule is COc1ccccc1N1CCN(C(=O)c2cccnc2SCc2ccccc2C)CC1. The van der Waals surface area contributed by atoms with Gasteiger partial charge in [0, 0.05) is 38.1 Å². The smallest absolute Gasteiger partial charge is 0.256 e. The van der Waals surface area contributed by atoms with E-state index in [9.17, 15) is 4.79 Å². The molecular weight excluding hydrogens is 406 g/mol. The number of aryl methyl sites for hydroxylation is 1. The highest BCUT2D eigenvalue weighted by molar-refractivity contribution is 7.98. The normalized spacial score (nSPS) is 13.9. The average molecular weight is 434 g/mol. The number of anilines is 1. The first-order valence-corrected chi connectivity index (χ1v) is 11.5. The molecule has 1 fully saturated rings. The van der Waals surface area contributed by atoms with Crippen LogP contribution in [-0.4, -0.2) is 49.1 Å². The van der Waals surface area contributed by atoms with Gasteiger partial charge in [0.15, 0.2) is 0 Å². The predicted molar refractivity (Wildman–Crippen MR) is 126 cm³/mol. The molecule has 2 heterocycles. The van der Waals surface area contributed by atoms with Crippen molar-refractivity contribution in [3.8, 4) is 5.75 Å². The fourth-order valence-electron chi connectivity index (χ4n) is 3.80. The molecule has 1 saturated heterocycles. The molecule has 0 spiro atoms. The van der Waals surface area contributed by atoms with Crippen molar-refractivity contribution >= 4 is 23.4 Å². The maximum atomic E-state index is 13.3. The molecule has 0 radical (unpaired) electrons. The number of carbonyl (C=O) groups is 1. The Kier molecular flexibility index (Phi) is 6.77. The lowest BCUT2D eigenvalue weighted by Gasteiger charge is -2.36. The third kappa shape index (κ3) is 4.85. The van der Waals surface area contributed by atoms with Gasteiger partial charge in [0.25, 0.3) is 5.91 Å². The van der Waals surface area contributed by atoms with E-state index in [1.165, 1.54) is 11.1 Å². The first-order valence-electron chi connectivity index (χ1n) is 10.5. The number of piperazine rings is 1. The molecule has 0 unspecified atom stereocenters. The highest BCUT2D eigenvalue weighted by Gasteiger charge is 2.25. The Morgan fingerprint density at radius 2 is 1.74 bits per heavy atom. The van der Waals surface area contributed by atoms with E-state index >= 15 is 0 Å². The Balaban J connectivity index is 1.43. The van der Waals surface area contributed by atoms with Crippen LogP contribution >= 0.6 is 11.8 Å². The van der Waals surface area contributed by atoms with Gasteiger partial charge in [-0.25, -0.2) is 4.98 Å². The van der Waals surface area contributed by atoms with Gasteiger partial charge in [0.2, 0.25) is 0 Å². The lowest BCUT2D eigenvalue weighted by Crippen LogP contribution is -2.49. The summed E-state index contributed by atoms with van der Waals surface area (Å²) in [6.07, 6.45) is 1.76. The van der Waals surface area contributed by atoms with Crippen LogP contribution in [0.5, 0.6) is 5.75 Å². The number of hydrogen-bond donors (Lipinski definition) is 0. The number of rotatable bonds is 6. The van der Waals surface area contributed by atoms with Crippen molar-refractivity contribution in [3.05, 3.63) is 83.6 Å². The molecule has 0 saturated carbocycles. The van der Waals surface area contributed by atoms with Gasteiger partial charge in [-0.1, -0.05) is 36.4 Å². The Morgan fingerprint density at radius 3 is 2.52 bits per heavy atom. The summed E-state index contributed by atoms with van der Waals surface area (Å²) in [7, 11) is 1.69. The van der Waals surface area contributed by atoms with Crippen molar-refractivity contribution in [2.75, 3.05) is 38.2 Å². The molecule has 1 aliphatic rings. The lowest BCUT2D eigenvalue weighted by molar-refractivity contribution is 0.0742. The quantitative estimate of drug-likeness (QED) is 0.530. The van der Waals surface area contributed by atoms with Crippen LogP contribution in [0.25, 0.3) is 0 Å². The van der Waals surface area contributed by atoms with Crippen molar-refractivity contribution in [2.24, 2.45) is 0 Å². The number of carbonyl (C=O) groups excluding carboxylic acids is 1. The van der Waals surface area contributed by atoms with Crippen LogP contribution in [0, 0.1) is 6.92 Å². The minimum Gasteiger partial charge on any atom is -0.495 e. The van der Waals surface area contributed by atoms with Gasteiger partial charge in [0.05, 0.1) is 18.4 Å². The first-order chi connectivity index (χ1) is 15.2. The number of pyridine rings is 1. The topological polar surface area (TPSA) is 45.7 Å². The van der Waals surface area contributed by atoms with Crippen molar-refractivity contribution in [1.29, 1.82) is 0 Å². The third-order valence-electron chi connectivity index (χ3n) is 5.62. The second kappa shape index (κ2) is 9.88. The fraction of sp³-hybridized carbons (Fsp3) is 0.280. The molecule has 1 aliphatic heterocycles. The largest absolute Gasteiger partial charge is 0.495 e. The molecule has 0 atom stereocenters. The van der Waals surface area contributed by atoms with Crippen LogP contribution in [0.3, 0.4) is 0 Å². The van der Waals surface area contributed by atoms with Gasteiger partial charge < -0.3 is 14.5 Å². The molecule has 2 aromatic carbocycles. The van der Waals surface area contributed by atoms with Crippen LogP contribution in [0.15, 0.2) is 71.9 Å². The Labute approximate surface area is 188 Å². The van der Waals surface area contributed by atoms with Crippen molar-refractivity contribution in [3.63, 3.8) is 0 Å². The minimum absolute atomic E-state index is 0.0556. The Bertz CT molecular complexity index is 1050. The van der Waals surface area contributed by atoms with Crippen LogP contribution in [-0.2, 0) is 5.75 Å². The monoisotopic (exact) mass is 433 g/mol. The van der Waals surface area contributed by atoms with Crippen LogP contribution in [0.4, 0.5) is 5.69 Å². The highest BCUT2D eigenvalue weighted by atomic mass is 32.2. The number of ether oxygens (including phenoxy) is 1. The van der Waals surface area contributed by atoms with E-state index in [-0.39, 0.29) is 5.91 Å². The van der Waals surface area contributed by atoms with E-state index in [0.717, 1.165) is 35.3 Å². The van der Waals surface area contributed by atoms with E-state index < -0.39 is 0 Å². The summed E-state index contributed by atoms with van der Waals surface area (Å²) in [5.74, 6) is 1.72. The number of hydrogen-bond acceptors (Lipinski definition) is 5. The molecule has 5 nitrogen and oxygen atoms in total. The molecule has 0 aliphatic carbocycles. The van der Waals surface area contributed by atoms with Crippen LogP contribution in [0.2, 0.25) is 0 Å². The summed E-state index contributed by atoms with van der Waals surface area (Å²) in [6.45, 7) is 5.01. The van der Waals surface area contributed by atoms with E-state index in [1.54, 1.807) is 25.1 Å². The molecule has 3 aromatic rings. The Hall–Kier alpha value is -2.99. The maximum absolute atomic E-state index is 13.3. The third-order valence-corrected chi connectivity index (χ3v) is 6.67. The average Bonchev–Trinajstić information content (AvgIpc) is 2.83. The molecule has 1 amide bonds. The number of amides is 1. The number of benzene rings is 2. The number of para-hydroxylation sites is 2. The molecule has 0 N–H and O–H groups in total. The van der Waals surface area contributed by atoms with E-state index in [2.05, 4.69) is 41.1 Å². The summed E-state index contributed by atoms with van der Waals surface area (Å²) < 4.78 is 5.50. The summed E-state index contributed by atoms with van der Waals surface area (Å²) in [6, 6.07) is 20.1. The summed E-state index contributed by atoms with van der Waals surface area (Å²) in [5, 5.41) is 0.794. The standard InChI is InChI=1S/C25H27N3O2S/c1-19-8-3-4-9-20(19)18-31-24-21(10-7-13-26-24)25(29)28-16-14-27(15-17-28)22-11-5-6-12-23(22)30-2/h3-13H,14-18H2,1-2H3. The second-order valence-electron chi connectivity index (χ2n) is 7.52. The van der Waals surface area contributed by atoms with E-state index in [4.69, 9.17) is 4.74 Å². The number of methoxy groups -OCH3 is 1. The minimum atomic E-state index is 0.0556. The second-order valence-corrected chi connectivity index (χ2v) is 8.49. The Morgan fingerprint density at radius 1 is 1.00 bits per heavy atom. The van der Waals surface area contributed by atoms with Crippen molar-refractivity contribution in [2.45, 2.75) is 17.7 Å². The molecule has 4 rings (SSSR count). The molecule has 1 aromatic heterocycles.